The van der Waals surface area contributed by atoms with Crippen LogP contribution in [0.1, 0.15) is 37.7 Å². The highest BCUT2D eigenvalue weighted by atomic mass is 32.2. The number of benzene rings is 1. The molecule has 4 nitrogen and oxygen atoms in total. The second-order valence-corrected chi connectivity index (χ2v) is 8.27. The van der Waals surface area contributed by atoms with Gasteiger partial charge in [-0.05, 0) is 48.8 Å². The van der Waals surface area contributed by atoms with Gasteiger partial charge in [0.2, 0.25) is 0 Å². The van der Waals surface area contributed by atoms with E-state index >= 15 is 0 Å². The van der Waals surface area contributed by atoms with Gasteiger partial charge in [-0.2, -0.15) is 0 Å². The van der Waals surface area contributed by atoms with Crippen molar-refractivity contribution in [3.63, 3.8) is 0 Å². The molecule has 0 aliphatic heterocycles. The van der Waals surface area contributed by atoms with Gasteiger partial charge in [0.15, 0.2) is 21.4 Å². The number of hydrogen-bond donors (Lipinski definition) is 1. The predicted octanol–water partition coefficient (Wildman–Crippen LogP) is 2.52. The third-order valence-corrected chi connectivity index (χ3v) is 5.73. The number of halogens is 1. The van der Waals surface area contributed by atoms with E-state index in [9.17, 15) is 12.8 Å². The Bertz CT molecular complexity index is 596. The molecular formula is C16H23FO4S. The van der Waals surface area contributed by atoms with E-state index in [-0.39, 0.29) is 36.2 Å². The minimum atomic E-state index is -3.22. The van der Waals surface area contributed by atoms with E-state index in [1.54, 1.807) is 19.1 Å². The molecule has 1 N–H and O–H groups in total. The first kappa shape index (κ1) is 17.2. The molecule has 0 aromatic heterocycles. The van der Waals surface area contributed by atoms with Crippen LogP contribution in [0, 0.1) is 11.7 Å². The van der Waals surface area contributed by atoms with Gasteiger partial charge in [-0.15, -0.1) is 0 Å². The lowest BCUT2D eigenvalue weighted by atomic mass is 10.0. The summed E-state index contributed by atoms with van der Waals surface area (Å²) in [7, 11) is -3.22. The fraction of sp³-hybridized carbons (Fsp3) is 0.625. The molecule has 0 unspecified atom stereocenters. The average Bonchev–Trinajstić information content (AvgIpc) is 3.28. The fourth-order valence-corrected chi connectivity index (χ4v) is 3.96. The molecule has 1 aromatic rings. The van der Waals surface area contributed by atoms with E-state index in [1.807, 2.05) is 0 Å². The standard InChI is InChI=1S/C16H23FO4S/c1-12(11-22(19,20)8-2-7-18)14-5-6-15(17)16(9-14)21-10-13-3-4-13/h5-6,9,12-13,18H,2-4,7-8,10-11H2,1H3/t12-/m0/s1. The summed E-state index contributed by atoms with van der Waals surface area (Å²) < 4.78 is 43.1. The molecule has 0 amide bonds. The van der Waals surface area contributed by atoms with Crippen LogP contribution in [0.2, 0.25) is 0 Å². The van der Waals surface area contributed by atoms with Gasteiger partial charge in [-0.25, -0.2) is 12.8 Å². The van der Waals surface area contributed by atoms with Gasteiger partial charge in [-0.1, -0.05) is 13.0 Å². The van der Waals surface area contributed by atoms with E-state index in [4.69, 9.17) is 9.84 Å². The van der Waals surface area contributed by atoms with Crippen molar-refractivity contribution in [3.05, 3.63) is 29.6 Å². The Morgan fingerprint density at radius 2 is 2.14 bits per heavy atom. The number of aliphatic hydroxyl groups is 1. The lowest BCUT2D eigenvalue weighted by Gasteiger charge is -2.14. The first-order valence-electron chi connectivity index (χ1n) is 7.65. The van der Waals surface area contributed by atoms with Crippen LogP contribution in [0.3, 0.4) is 0 Å². The summed E-state index contributed by atoms with van der Waals surface area (Å²) >= 11 is 0. The van der Waals surface area contributed by atoms with Gasteiger partial charge in [0.25, 0.3) is 0 Å². The fourth-order valence-electron chi connectivity index (χ4n) is 2.27. The quantitative estimate of drug-likeness (QED) is 0.756. The third-order valence-electron chi connectivity index (χ3n) is 3.81. The summed E-state index contributed by atoms with van der Waals surface area (Å²) in [4.78, 5) is 0. The van der Waals surface area contributed by atoms with Gasteiger partial charge in [0.1, 0.15) is 0 Å². The lowest BCUT2D eigenvalue weighted by molar-refractivity contribution is 0.285. The normalized spacial score (nSPS) is 16.5. The molecule has 0 saturated heterocycles. The van der Waals surface area contributed by atoms with Crippen LogP contribution in [-0.4, -0.2) is 38.2 Å². The van der Waals surface area contributed by atoms with Crippen LogP contribution in [0.4, 0.5) is 4.39 Å². The zero-order chi connectivity index (χ0) is 16.2. The van der Waals surface area contributed by atoms with Gasteiger partial charge < -0.3 is 9.84 Å². The maximum absolute atomic E-state index is 13.7. The van der Waals surface area contributed by atoms with Crippen molar-refractivity contribution < 1.29 is 22.7 Å². The van der Waals surface area contributed by atoms with Crippen molar-refractivity contribution in [2.24, 2.45) is 5.92 Å². The molecule has 1 saturated carbocycles. The maximum atomic E-state index is 13.7. The molecule has 1 aromatic carbocycles. The van der Waals surface area contributed by atoms with Crippen molar-refractivity contribution >= 4 is 9.84 Å². The first-order chi connectivity index (χ1) is 10.4. The Hall–Kier alpha value is -1.14. The zero-order valence-electron chi connectivity index (χ0n) is 12.8. The minimum absolute atomic E-state index is 0.0132. The Morgan fingerprint density at radius 3 is 2.77 bits per heavy atom. The summed E-state index contributed by atoms with van der Waals surface area (Å²) in [6.07, 6.45) is 2.50. The highest BCUT2D eigenvalue weighted by Gasteiger charge is 2.23. The van der Waals surface area contributed by atoms with Gasteiger partial charge in [0.05, 0.1) is 18.1 Å². The van der Waals surface area contributed by atoms with E-state index in [0.717, 1.165) is 18.4 Å². The largest absolute Gasteiger partial charge is 0.490 e. The van der Waals surface area contributed by atoms with Crippen LogP contribution in [0.5, 0.6) is 5.75 Å². The number of ether oxygens (including phenoxy) is 1. The second-order valence-electron chi connectivity index (χ2n) is 6.04. The molecule has 0 heterocycles. The van der Waals surface area contributed by atoms with Crippen molar-refractivity contribution in [2.45, 2.75) is 32.1 Å². The number of sulfone groups is 1. The lowest BCUT2D eigenvalue weighted by Crippen LogP contribution is -2.17. The predicted molar refractivity (Wildman–Crippen MR) is 83.4 cm³/mol. The summed E-state index contributed by atoms with van der Waals surface area (Å²) in [5.41, 5.74) is 0.750. The van der Waals surface area contributed by atoms with E-state index in [1.165, 1.54) is 6.07 Å². The SMILES string of the molecule is C[C@@H](CS(=O)(=O)CCCO)c1ccc(F)c(OCC2CC2)c1. The smallest absolute Gasteiger partial charge is 0.165 e. The Balaban J connectivity index is 2.01. The molecule has 1 aliphatic rings. The average molecular weight is 330 g/mol. The summed E-state index contributed by atoms with van der Waals surface area (Å²) in [5.74, 6) is 0.0245. The third kappa shape index (κ3) is 5.25. The molecule has 0 spiro atoms. The molecule has 1 fully saturated rings. The van der Waals surface area contributed by atoms with Crippen LogP contribution >= 0.6 is 0 Å². The summed E-state index contributed by atoms with van der Waals surface area (Å²) in [5, 5.41) is 8.73. The van der Waals surface area contributed by atoms with Crippen LogP contribution in [0.25, 0.3) is 0 Å². The molecule has 124 valence electrons. The Morgan fingerprint density at radius 1 is 1.41 bits per heavy atom. The molecule has 1 aliphatic carbocycles. The van der Waals surface area contributed by atoms with Gasteiger partial charge >= 0.3 is 0 Å². The van der Waals surface area contributed by atoms with Crippen molar-refractivity contribution in [1.29, 1.82) is 0 Å². The highest BCUT2D eigenvalue weighted by Crippen LogP contribution is 2.31. The molecule has 0 radical (unpaired) electrons. The molecular weight excluding hydrogens is 307 g/mol. The molecule has 22 heavy (non-hydrogen) atoms. The number of rotatable bonds is 9. The van der Waals surface area contributed by atoms with Gasteiger partial charge in [0, 0.05) is 6.61 Å². The first-order valence-corrected chi connectivity index (χ1v) is 9.47. The van der Waals surface area contributed by atoms with Crippen LogP contribution in [0.15, 0.2) is 18.2 Å². The Kier molecular flexibility index (Phi) is 5.81. The van der Waals surface area contributed by atoms with Crippen LogP contribution in [-0.2, 0) is 9.84 Å². The van der Waals surface area contributed by atoms with Gasteiger partial charge in [-0.3, -0.25) is 0 Å². The van der Waals surface area contributed by atoms with Crippen molar-refractivity contribution in [3.8, 4) is 5.75 Å². The Labute approximate surface area is 131 Å². The topological polar surface area (TPSA) is 63.6 Å². The van der Waals surface area contributed by atoms with Crippen LogP contribution < -0.4 is 4.74 Å². The molecule has 0 bridgehead atoms. The highest BCUT2D eigenvalue weighted by molar-refractivity contribution is 7.91. The van der Waals surface area contributed by atoms with Crippen molar-refractivity contribution in [2.75, 3.05) is 24.7 Å². The zero-order valence-corrected chi connectivity index (χ0v) is 13.6. The summed E-state index contributed by atoms with van der Waals surface area (Å²) in [6.45, 7) is 2.18. The van der Waals surface area contributed by atoms with E-state index in [0.29, 0.717) is 12.5 Å². The van der Waals surface area contributed by atoms with Crippen molar-refractivity contribution in [1.82, 2.24) is 0 Å². The minimum Gasteiger partial charge on any atom is -0.490 e. The number of hydrogen-bond acceptors (Lipinski definition) is 4. The summed E-state index contributed by atoms with van der Waals surface area (Å²) in [6, 6.07) is 4.53. The van der Waals surface area contributed by atoms with E-state index in [2.05, 4.69) is 0 Å². The molecule has 1 atom stereocenters. The molecule has 2 rings (SSSR count). The second kappa shape index (κ2) is 7.42. The monoisotopic (exact) mass is 330 g/mol. The maximum Gasteiger partial charge on any atom is 0.165 e. The number of aliphatic hydroxyl groups excluding tert-OH is 1. The molecule has 6 heteroatoms. The van der Waals surface area contributed by atoms with E-state index < -0.39 is 15.7 Å².